The Hall–Kier alpha value is -0.560. The smallest absolute Gasteiger partial charge is 0.0543 e. The molecule has 0 aromatic heterocycles. The second-order valence-electron chi connectivity index (χ2n) is 12.2. The van der Waals surface area contributed by atoms with Gasteiger partial charge in [-0.25, -0.2) is 0 Å². The Morgan fingerprint density at radius 1 is 1.00 bits per heavy atom. The van der Waals surface area contributed by atoms with E-state index in [1.165, 1.54) is 38.5 Å². The Kier molecular flexibility index (Phi) is 5.86. The number of aliphatic hydroxyl groups excluding tert-OH is 1. The number of hydrogen-bond donors (Lipinski definition) is 1. The molecule has 0 amide bonds. The number of allylic oxidation sites excluding steroid dienone is 4. The van der Waals surface area contributed by atoms with Gasteiger partial charge in [-0.05, 0) is 104 Å². The van der Waals surface area contributed by atoms with Crippen LogP contribution in [0.2, 0.25) is 0 Å². The van der Waals surface area contributed by atoms with E-state index in [-0.39, 0.29) is 6.10 Å². The largest absolute Gasteiger partial charge is 0.393 e. The van der Waals surface area contributed by atoms with E-state index in [1.807, 2.05) is 5.57 Å². The van der Waals surface area contributed by atoms with Crippen LogP contribution in [0.4, 0.5) is 0 Å². The van der Waals surface area contributed by atoms with Crippen LogP contribution in [-0.4, -0.2) is 11.2 Å². The van der Waals surface area contributed by atoms with E-state index >= 15 is 0 Å². The summed E-state index contributed by atoms with van der Waals surface area (Å²) < 4.78 is 0. The lowest BCUT2D eigenvalue weighted by Crippen LogP contribution is -2.52. The fourth-order valence-corrected chi connectivity index (χ4v) is 8.10. The van der Waals surface area contributed by atoms with E-state index in [1.54, 1.807) is 0 Å². The van der Waals surface area contributed by atoms with Crippen molar-refractivity contribution in [3.8, 4) is 0 Å². The fourth-order valence-electron chi connectivity index (χ4n) is 8.10. The van der Waals surface area contributed by atoms with Crippen LogP contribution in [0.15, 0.2) is 23.8 Å². The molecule has 0 aromatic carbocycles. The maximum atomic E-state index is 10.3. The van der Waals surface area contributed by atoms with E-state index in [2.05, 4.69) is 59.8 Å². The highest BCUT2D eigenvalue weighted by Crippen LogP contribution is 2.66. The monoisotopic (exact) mass is 398 g/mol. The normalized spacial score (nSPS) is 46.8. The number of hydrogen-bond acceptors (Lipinski definition) is 1. The zero-order valence-electron chi connectivity index (χ0n) is 20.0. The van der Waals surface area contributed by atoms with Crippen LogP contribution < -0.4 is 0 Å². The third kappa shape index (κ3) is 3.58. The number of fused-ring (bicyclic) bond motifs is 5. The molecular formula is C28H46O. The van der Waals surface area contributed by atoms with E-state index in [9.17, 15) is 5.11 Å². The lowest BCUT2D eigenvalue weighted by atomic mass is 9.45. The van der Waals surface area contributed by atoms with Gasteiger partial charge in [0.2, 0.25) is 0 Å². The molecule has 4 aliphatic carbocycles. The minimum Gasteiger partial charge on any atom is -0.393 e. The first kappa shape index (κ1) is 21.7. The van der Waals surface area contributed by atoms with E-state index in [4.69, 9.17) is 0 Å². The summed E-state index contributed by atoms with van der Waals surface area (Å²) in [6.07, 6.45) is 17.8. The minimum atomic E-state index is -0.0329. The van der Waals surface area contributed by atoms with Gasteiger partial charge < -0.3 is 5.11 Å². The van der Waals surface area contributed by atoms with Gasteiger partial charge in [-0.1, -0.05) is 65.3 Å². The van der Waals surface area contributed by atoms with Gasteiger partial charge in [0.1, 0.15) is 0 Å². The van der Waals surface area contributed by atoms with E-state index in [0.717, 1.165) is 42.4 Å². The first-order chi connectivity index (χ1) is 13.7. The van der Waals surface area contributed by atoms with Crippen molar-refractivity contribution < 1.29 is 5.11 Å². The topological polar surface area (TPSA) is 20.2 Å². The molecule has 4 aliphatic rings. The van der Waals surface area contributed by atoms with Crippen molar-refractivity contribution in [2.24, 2.45) is 52.3 Å². The Morgan fingerprint density at radius 3 is 2.48 bits per heavy atom. The summed E-state index contributed by atoms with van der Waals surface area (Å²) in [5.74, 6) is 5.29. The van der Waals surface area contributed by atoms with Crippen molar-refractivity contribution in [2.75, 3.05) is 0 Å². The van der Waals surface area contributed by atoms with Gasteiger partial charge in [-0.15, -0.1) is 0 Å². The second kappa shape index (κ2) is 7.85. The van der Waals surface area contributed by atoms with Crippen LogP contribution in [0.1, 0.15) is 92.9 Å². The lowest BCUT2D eigenvalue weighted by Gasteiger charge is -2.59. The third-order valence-electron chi connectivity index (χ3n) is 10.5. The Labute approximate surface area is 180 Å². The van der Waals surface area contributed by atoms with Crippen molar-refractivity contribution in [3.05, 3.63) is 23.8 Å². The highest BCUT2D eigenvalue weighted by molar-refractivity contribution is 5.30. The van der Waals surface area contributed by atoms with Crippen LogP contribution in [0.3, 0.4) is 0 Å². The van der Waals surface area contributed by atoms with Crippen LogP contribution in [0.5, 0.6) is 0 Å². The summed E-state index contributed by atoms with van der Waals surface area (Å²) in [5, 5.41) is 10.3. The molecule has 3 fully saturated rings. The average Bonchev–Trinajstić information content (AvgIpc) is 3.03. The summed E-state index contributed by atoms with van der Waals surface area (Å²) in [5.41, 5.74) is 2.74. The summed E-state index contributed by atoms with van der Waals surface area (Å²) in [4.78, 5) is 0. The fraction of sp³-hybridized carbons (Fsp3) is 0.857. The quantitative estimate of drug-likeness (QED) is 0.489. The van der Waals surface area contributed by atoms with Crippen molar-refractivity contribution in [1.29, 1.82) is 0 Å². The summed E-state index contributed by atoms with van der Waals surface area (Å²) >= 11 is 0. The van der Waals surface area contributed by atoms with Crippen LogP contribution in [0, 0.1) is 52.3 Å². The van der Waals surface area contributed by atoms with Crippen molar-refractivity contribution in [2.45, 2.75) is 99.0 Å². The van der Waals surface area contributed by atoms with E-state index in [0.29, 0.717) is 22.7 Å². The van der Waals surface area contributed by atoms with Gasteiger partial charge in [0, 0.05) is 0 Å². The van der Waals surface area contributed by atoms with Crippen molar-refractivity contribution in [3.63, 3.8) is 0 Å². The molecule has 1 nitrogen and oxygen atoms in total. The molecule has 29 heavy (non-hydrogen) atoms. The predicted molar refractivity (Wildman–Crippen MR) is 124 cm³/mol. The van der Waals surface area contributed by atoms with Gasteiger partial charge in [0.15, 0.2) is 0 Å². The number of rotatable bonds is 4. The molecule has 164 valence electrons. The summed E-state index contributed by atoms with van der Waals surface area (Å²) in [6, 6.07) is 0. The molecule has 0 bridgehead atoms. The average molecular weight is 399 g/mol. The summed E-state index contributed by atoms with van der Waals surface area (Å²) in [7, 11) is 0. The minimum absolute atomic E-state index is 0.0329. The molecule has 1 N–H and O–H groups in total. The summed E-state index contributed by atoms with van der Waals surface area (Å²) in [6.45, 7) is 14.7. The number of aliphatic hydroxyl groups is 1. The molecule has 2 unspecified atom stereocenters. The van der Waals surface area contributed by atoms with Crippen LogP contribution in [-0.2, 0) is 0 Å². The van der Waals surface area contributed by atoms with Gasteiger partial charge in [0.05, 0.1) is 6.10 Å². The molecule has 0 aromatic rings. The Bertz CT molecular complexity index is 659. The maximum Gasteiger partial charge on any atom is 0.0543 e. The SMILES string of the molecule is CC(C)[C@@H](C)C=C[C@@H](C)[C@H]1CC=C2[C@@H]3CCC4CC(O)CC[C@]4(C)[C@H]3CC[C@@]21C. The predicted octanol–water partition coefficient (Wildman–Crippen LogP) is 7.41. The van der Waals surface area contributed by atoms with Crippen LogP contribution in [0.25, 0.3) is 0 Å². The van der Waals surface area contributed by atoms with Crippen molar-refractivity contribution in [1.82, 2.24) is 0 Å². The molecule has 0 radical (unpaired) electrons. The molecule has 4 rings (SSSR count). The third-order valence-corrected chi connectivity index (χ3v) is 10.5. The van der Waals surface area contributed by atoms with Gasteiger partial charge in [-0.3, -0.25) is 0 Å². The van der Waals surface area contributed by atoms with Crippen LogP contribution >= 0.6 is 0 Å². The van der Waals surface area contributed by atoms with Gasteiger partial charge >= 0.3 is 0 Å². The molecule has 0 saturated heterocycles. The molecule has 3 saturated carbocycles. The highest BCUT2D eigenvalue weighted by Gasteiger charge is 2.57. The van der Waals surface area contributed by atoms with Crippen molar-refractivity contribution >= 4 is 0 Å². The molecular weight excluding hydrogens is 352 g/mol. The standard InChI is InChI=1S/C28H46O/c1-18(2)19(3)7-8-20(4)24-11-12-25-23-10-9-21-17-22(29)13-15-27(21,5)26(23)14-16-28(24,25)6/h7-8,12,18-24,26,29H,9-11,13-17H2,1-6H3/t19-,20+,21?,22?,23-,24+,26-,27-,28+/m0/s1. The molecule has 0 aliphatic heterocycles. The molecule has 0 heterocycles. The zero-order valence-corrected chi connectivity index (χ0v) is 20.0. The maximum absolute atomic E-state index is 10.3. The molecule has 0 spiro atoms. The Morgan fingerprint density at radius 2 is 1.76 bits per heavy atom. The molecule has 1 heteroatoms. The second-order valence-corrected chi connectivity index (χ2v) is 12.2. The van der Waals surface area contributed by atoms with Gasteiger partial charge in [0.25, 0.3) is 0 Å². The Balaban J connectivity index is 1.51. The molecule has 9 atom stereocenters. The lowest BCUT2D eigenvalue weighted by molar-refractivity contribution is -0.0852. The first-order valence-electron chi connectivity index (χ1n) is 12.7. The van der Waals surface area contributed by atoms with E-state index < -0.39 is 0 Å². The zero-order chi connectivity index (χ0) is 21.0. The highest BCUT2D eigenvalue weighted by atomic mass is 16.3. The first-order valence-corrected chi connectivity index (χ1v) is 12.7. The van der Waals surface area contributed by atoms with Gasteiger partial charge in [-0.2, -0.15) is 0 Å².